The van der Waals surface area contributed by atoms with Crippen LogP contribution < -0.4 is 30.7 Å². The summed E-state index contributed by atoms with van der Waals surface area (Å²) in [5.41, 5.74) is 0.578. The molecule has 1 aromatic carbocycles. The molecule has 0 bridgehead atoms. The number of Topliss-reactive ketones (excluding diaryl/α,β-unsaturated/α-hetero) is 1. The molecule has 0 radical (unpaired) electrons. The Kier molecular flexibility index (Phi) is 28.0. The summed E-state index contributed by atoms with van der Waals surface area (Å²) in [7, 11) is 0. The molecule has 8 N–H and O–H groups in total. The van der Waals surface area contributed by atoms with Gasteiger partial charge in [-0.3, -0.25) is 28.9 Å². The van der Waals surface area contributed by atoms with E-state index in [0.29, 0.717) is 26.9 Å². The molecule has 0 aromatic heterocycles. The summed E-state index contributed by atoms with van der Waals surface area (Å²) in [5, 5.41) is 51.4. The summed E-state index contributed by atoms with van der Waals surface area (Å²) >= 11 is 1.13. The predicted molar refractivity (Wildman–Crippen MR) is 286 cm³/mol. The highest BCUT2D eigenvalue weighted by molar-refractivity contribution is 8.01. The van der Waals surface area contributed by atoms with Crippen molar-refractivity contribution in [2.45, 2.75) is 111 Å². The molecule has 492 valence electrons. The maximum absolute atomic E-state index is 13.1. The van der Waals surface area contributed by atoms with Crippen molar-refractivity contribution in [2.75, 3.05) is 138 Å². The van der Waals surface area contributed by atoms with Gasteiger partial charge < -0.3 is 98.9 Å². The molecule has 5 saturated heterocycles. The first-order valence-electron chi connectivity index (χ1n) is 28.1. The topological polar surface area (TPSA) is 351 Å². The maximum atomic E-state index is 13.1. The molecule has 5 heterocycles. The zero-order valence-corrected chi connectivity index (χ0v) is 48.3. The minimum Gasteiger partial charge on any atom is -0.487 e. The molecule has 87 heavy (non-hydrogen) atoms. The molecule has 0 saturated carbocycles. The third-order valence-corrected chi connectivity index (χ3v) is 15.5. The number of aliphatic hydroxyl groups excluding tert-OH is 4. The number of fused-ring (bicyclic) bond motifs is 2. The van der Waals surface area contributed by atoms with Gasteiger partial charge in [-0.2, -0.15) is 26.3 Å². The molecule has 1 aromatic rings. The number of urea groups is 2. The third kappa shape index (κ3) is 21.4. The highest BCUT2D eigenvalue weighted by Gasteiger charge is 2.57. The minimum atomic E-state index is -5.15. The van der Waals surface area contributed by atoms with Crippen LogP contribution in [0.4, 0.5) is 35.9 Å². The minimum absolute atomic E-state index is 0.00964. The summed E-state index contributed by atoms with van der Waals surface area (Å²) in [6.07, 6.45) is -21.3. The van der Waals surface area contributed by atoms with Crippen molar-refractivity contribution in [3.05, 3.63) is 23.8 Å². The first-order chi connectivity index (χ1) is 41.5. The van der Waals surface area contributed by atoms with E-state index in [1.807, 2.05) is 0 Å². The van der Waals surface area contributed by atoms with Crippen molar-refractivity contribution in [3.8, 4) is 11.5 Å². The zero-order chi connectivity index (χ0) is 63.3. The molecule has 28 nitrogen and oxygen atoms in total. The number of carbonyl (C=O) groups excluding carboxylic acids is 7. The fourth-order valence-corrected chi connectivity index (χ4v) is 11.0. The first kappa shape index (κ1) is 70.6. The molecular formula is C52H75F6N7O21S. The van der Waals surface area contributed by atoms with Gasteiger partial charge in [-0.15, -0.1) is 11.8 Å². The van der Waals surface area contributed by atoms with Crippen LogP contribution >= 0.6 is 11.8 Å². The first-order valence-corrected chi connectivity index (χ1v) is 29.1. The van der Waals surface area contributed by atoms with Gasteiger partial charge in [0, 0.05) is 45.7 Å². The van der Waals surface area contributed by atoms with Gasteiger partial charge >= 0.3 is 36.2 Å². The van der Waals surface area contributed by atoms with Crippen molar-refractivity contribution in [1.29, 1.82) is 0 Å². The van der Waals surface area contributed by atoms with Gasteiger partial charge in [0.1, 0.15) is 55.6 Å². The number of likely N-dealkylation sites (tertiary alicyclic amines) is 3. The number of benzene rings is 1. The molecule has 8 amide bonds. The number of hydrogen-bond donors (Lipinski definition) is 8. The number of rotatable bonds is 35. The van der Waals surface area contributed by atoms with Crippen LogP contribution in [0.1, 0.15) is 31.7 Å². The largest absolute Gasteiger partial charge is 0.487 e. The van der Waals surface area contributed by atoms with Crippen molar-refractivity contribution in [1.82, 2.24) is 36.0 Å². The number of aliphatic hydroxyl groups is 4. The normalized spacial score (nSPS) is 25.5. The van der Waals surface area contributed by atoms with Crippen LogP contribution in [0, 0.1) is 0 Å². The van der Waals surface area contributed by atoms with Crippen LogP contribution in [0.15, 0.2) is 18.2 Å². The fraction of sp³-hybridized carbons (Fsp3) is 0.750. The summed E-state index contributed by atoms with van der Waals surface area (Å²) in [5.74, 6) is -4.37. The van der Waals surface area contributed by atoms with E-state index >= 15 is 0 Å². The second kappa shape index (κ2) is 34.5. The lowest BCUT2D eigenvalue weighted by atomic mass is 9.93. The fourth-order valence-electron chi connectivity index (χ4n) is 9.99. The molecule has 0 spiro atoms. The van der Waals surface area contributed by atoms with E-state index in [0.717, 1.165) is 16.7 Å². The molecule has 0 aliphatic carbocycles. The highest BCUT2D eigenvalue weighted by atomic mass is 32.2. The van der Waals surface area contributed by atoms with Crippen molar-refractivity contribution < 1.29 is 128 Å². The van der Waals surface area contributed by atoms with E-state index in [9.17, 15) is 80.3 Å². The van der Waals surface area contributed by atoms with E-state index < -0.39 is 102 Å². The Bertz CT molecular complexity index is 2430. The van der Waals surface area contributed by atoms with Gasteiger partial charge in [-0.05, 0) is 37.5 Å². The summed E-state index contributed by atoms with van der Waals surface area (Å²) < 4.78 is 135. The number of ketones is 1. The van der Waals surface area contributed by atoms with Crippen molar-refractivity contribution in [2.24, 2.45) is 0 Å². The monoisotopic (exact) mass is 1280 g/mol. The second-order valence-corrected chi connectivity index (χ2v) is 21.6. The van der Waals surface area contributed by atoms with Crippen LogP contribution in [0.25, 0.3) is 0 Å². The number of ether oxygens (including phenoxy) is 10. The Morgan fingerprint density at radius 3 is 1.43 bits per heavy atom. The maximum Gasteiger partial charge on any atom is 0.471 e. The molecular weight excluding hydrogens is 1200 g/mol. The lowest BCUT2D eigenvalue weighted by molar-refractivity contribution is -0.207. The molecule has 6 rings (SSSR count). The number of hydrogen-bond acceptors (Lipinski definition) is 22. The highest BCUT2D eigenvalue weighted by Crippen LogP contribution is 2.37. The van der Waals surface area contributed by atoms with Gasteiger partial charge in [0.05, 0.1) is 121 Å². The van der Waals surface area contributed by atoms with Gasteiger partial charge in [-0.25, -0.2) is 9.59 Å². The van der Waals surface area contributed by atoms with E-state index in [1.165, 1.54) is 6.92 Å². The van der Waals surface area contributed by atoms with Crippen LogP contribution in [0.2, 0.25) is 0 Å². The standard InChI is InChI=1S/C52H75F6N7O21S/c1-30(66)29-87-38-25-39(67)65(46(38)72)28-31-2-3-32(83-22-20-81-18-16-79-14-12-77-10-6-59-49(75)61-26-36-42(68)44(70)40-33(85-36)4-8-63(40)47(73)51(53,54)55)35(24-31)84-23-21-82-19-17-80-15-13-78-11-7-60-50(76)62-27-37-43(69)45(71)41-34(86-37)5-9-64(41)48(74)52(56,57)58/h2-3,24,33-34,36-38,40-45,68-71H,4-23,25-29H2,1H3,(H2,59,61,75)(H2,60,62,76)/t33-,34-,36+,37+,38?,40+,41+,42-,43-,44+,45+/m0/s1. The van der Waals surface area contributed by atoms with Crippen molar-refractivity contribution >= 4 is 53.2 Å². The summed E-state index contributed by atoms with van der Waals surface area (Å²) in [6, 6.07) is 0.899. The molecule has 5 fully saturated rings. The van der Waals surface area contributed by atoms with Crippen LogP contribution in [-0.2, 0) is 68.4 Å². The lowest BCUT2D eigenvalue weighted by Gasteiger charge is -2.42. The van der Waals surface area contributed by atoms with Crippen LogP contribution in [0.5, 0.6) is 11.5 Å². The summed E-state index contributed by atoms with van der Waals surface area (Å²) in [6.45, 7) is 2.69. The van der Waals surface area contributed by atoms with Gasteiger partial charge in [0.2, 0.25) is 11.8 Å². The van der Waals surface area contributed by atoms with Gasteiger partial charge in [-0.1, -0.05) is 6.07 Å². The Hall–Kier alpha value is -5.44. The smallest absolute Gasteiger partial charge is 0.471 e. The van der Waals surface area contributed by atoms with E-state index in [4.69, 9.17) is 47.4 Å². The molecule has 11 atom stereocenters. The Morgan fingerprint density at radius 2 is 1.00 bits per heavy atom. The molecule has 1 unspecified atom stereocenters. The number of carbonyl (C=O) groups is 7. The number of alkyl halides is 6. The lowest BCUT2D eigenvalue weighted by Crippen LogP contribution is -2.63. The SMILES string of the molecule is CC(=O)CSC1CC(=O)N(Cc2ccc(OCCOCCOCCOCCNC(=O)NC[C@H]3O[C@H]4CCN(C(=O)C(F)(F)F)[C@H]4[C@@H](O)[C@H]3O)c(OCCOCCOCCOCCNC(=O)NC[C@H]3O[C@H]4CCN(C(=O)C(F)(F)F)[C@H]4[C@@H](O)[C@H]3O)c2)C1=O. The van der Waals surface area contributed by atoms with Crippen LogP contribution in [-0.4, -0.2) is 293 Å². The Labute approximate surface area is 499 Å². The zero-order valence-electron chi connectivity index (χ0n) is 47.5. The van der Waals surface area contributed by atoms with E-state index in [-0.39, 0.29) is 181 Å². The Balaban J connectivity index is 0.792. The van der Waals surface area contributed by atoms with Crippen molar-refractivity contribution in [3.63, 3.8) is 0 Å². The van der Waals surface area contributed by atoms with Crippen LogP contribution in [0.3, 0.4) is 0 Å². The molecule has 5 aliphatic rings. The molecule has 35 heteroatoms. The quantitative estimate of drug-likeness (QED) is 0.0215. The number of imide groups is 1. The number of halogens is 6. The average Bonchev–Trinajstić information content (AvgIpc) is 1.95. The second-order valence-electron chi connectivity index (χ2n) is 20.4. The van der Waals surface area contributed by atoms with E-state index in [2.05, 4.69) is 21.3 Å². The average molecular weight is 1280 g/mol. The third-order valence-electron chi connectivity index (χ3n) is 14.1. The number of nitrogens with zero attached hydrogens (tertiary/aromatic N) is 3. The number of nitrogens with one attached hydrogen (secondary N) is 4. The van der Waals surface area contributed by atoms with Gasteiger partial charge in [0.15, 0.2) is 11.5 Å². The number of thioether (sulfide) groups is 1. The Morgan fingerprint density at radius 1 is 0.586 bits per heavy atom. The molecule has 5 aliphatic heterocycles. The van der Waals surface area contributed by atoms with Gasteiger partial charge in [0.25, 0.3) is 0 Å². The predicted octanol–water partition coefficient (Wildman–Crippen LogP) is -1.60. The van der Waals surface area contributed by atoms with E-state index in [1.54, 1.807) is 18.2 Å². The summed E-state index contributed by atoms with van der Waals surface area (Å²) in [4.78, 5) is 87.6. The number of amides is 8.